The average molecular weight is 322 g/mol. The molecule has 1 atom stereocenters. The van der Waals surface area contributed by atoms with E-state index in [1.165, 1.54) is 12.1 Å². The van der Waals surface area contributed by atoms with Gasteiger partial charge in [0.1, 0.15) is 12.1 Å². The van der Waals surface area contributed by atoms with Gasteiger partial charge in [0, 0.05) is 0 Å². The second-order valence-corrected chi connectivity index (χ2v) is 6.43. The van der Waals surface area contributed by atoms with Gasteiger partial charge in [0.2, 0.25) is 0 Å². The van der Waals surface area contributed by atoms with Crippen LogP contribution in [0.3, 0.4) is 0 Å². The quantitative estimate of drug-likeness (QED) is 0.785. The van der Waals surface area contributed by atoms with E-state index < -0.39 is 17.4 Å². The van der Waals surface area contributed by atoms with Crippen molar-refractivity contribution in [3.8, 4) is 5.75 Å². The molecule has 5 nitrogen and oxygen atoms in total. The van der Waals surface area contributed by atoms with E-state index in [2.05, 4.69) is 19.2 Å². The maximum atomic E-state index is 13.5. The third kappa shape index (κ3) is 4.00. The maximum absolute atomic E-state index is 13.5. The number of ether oxygens (including phenoxy) is 1. The van der Waals surface area contributed by atoms with E-state index in [-0.39, 0.29) is 24.8 Å². The molecule has 1 aliphatic heterocycles. The van der Waals surface area contributed by atoms with Crippen LogP contribution in [-0.4, -0.2) is 35.5 Å². The SMILES string of the molecule is CC(C)CC[C@@]1(C)NC(=O)N(CCOc2ccccc2F)C1=O. The van der Waals surface area contributed by atoms with Crippen molar-refractivity contribution in [3.05, 3.63) is 30.1 Å². The van der Waals surface area contributed by atoms with Crippen LogP contribution < -0.4 is 10.1 Å². The molecule has 0 saturated carbocycles. The molecule has 1 heterocycles. The highest BCUT2D eigenvalue weighted by molar-refractivity contribution is 6.06. The summed E-state index contributed by atoms with van der Waals surface area (Å²) >= 11 is 0. The molecule has 1 aromatic carbocycles. The molecule has 0 radical (unpaired) electrons. The second kappa shape index (κ2) is 6.98. The minimum absolute atomic E-state index is 0.0559. The van der Waals surface area contributed by atoms with E-state index in [0.717, 1.165) is 11.3 Å². The Morgan fingerprint density at radius 1 is 1.30 bits per heavy atom. The highest BCUT2D eigenvalue weighted by atomic mass is 19.1. The number of rotatable bonds is 7. The normalized spacial score (nSPS) is 21.0. The smallest absolute Gasteiger partial charge is 0.325 e. The van der Waals surface area contributed by atoms with Crippen molar-refractivity contribution >= 4 is 11.9 Å². The van der Waals surface area contributed by atoms with Crippen LogP contribution in [-0.2, 0) is 4.79 Å². The molecular weight excluding hydrogens is 299 g/mol. The zero-order valence-electron chi connectivity index (χ0n) is 13.8. The van der Waals surface area contributed by atoms with E-state index in [4.69, 9.17) is 4.74 Å². The molecule has 23 heavy (non-hydrogen) atoms. The van der Waals surface area contributed by atoms with Crippen LogP contribution in [0.5, 0.6) is 5.75 Å². The first-order valence-electron chi connectivity index (χ1n) is 7.85. The molecule has 1 N–H and O–H groups in total. The number of halogens is 1. The number of urea groups is 1. The number of carbonyl (C=O) groups excluding carboxylic acids is 2. The molecule has 0 spiro atoms. The molecule has 3 amide bonds. The van der Waals surface area contributed by atoms with Crippen LogP contribution in [0.2, 0.25) is 0 Å². The van der Waals surface area contributed by atoms with Crippen LogP contribution in [0.4, 0.5) is 9.18 Å². The lowest BCUT2D eigenvalue weighted by Gasteiger charge is -2.22. The highest BCUT2D eigenvalue weighted by Crippen LogP contribution is 2.24. The van der Waals surface area contributed by atoms with Crippen LogP contribution in [0.1, 0.15) is 33.6 Å². The number of carbonyl (C=O) groups is 2. The molecule has 2 rings (SSSR count). The monoisotopic (exact) mass is 322 g/mol. The summed E-state index contributed by atoms with van der Waals surface area (Å²) in [6, 6.07) is 5.62. The average Bonchev–Trinajstić information content (AvgIpc) is 2.71. The van der Waals surface area contributed by atoms with Gasteiger partial charge in [-0.3, -0.25) is 9.69 Å². The standard InChI is InChI=1S/C17H23FN2O3/c1-12(2)8-9-17(3)15(21)20(16(22)19-17)10-11-23-14-7-5-4-6-13(14)18/h4-7,12H,8-11H2,1-3H3,(H,19,22)/t17-/m1/s1. The number of nitrogens with one attached hydrogen (secondary N) is 1. The molecule has 1 aliphatic rings. The van der Waals surface area contributed by atoms with Gasteiger partial charge in [-0.15, -0.1) is 0 Å². The van der Waals surface area contributed by atoms with Crippen molar-refractivity contribution in [2.24, 2.45) is 5.92 Å². The summed E-state index contributed by atoms with van der Waals surface area (Å²) in [5.74, 6) is -0.149. The van der Waals surface area contributed by atoms with Crippen molar-refractivity contribution in [2.75, 3.05) is 13.2 Å². The van der Waals surface area contributed by atoms with Crippen LogP contribution in [0.25, 0.3) is 0 Å². The van der Waals surface area contributed by atoms with Crippen molar-refractivity contribution in [1.82, 2.24) is 10.2 Å². The Bertz CT molecular complexity index is 591. The summed E-state index contributed by atoms with van der Waals surface area (Å²) in [6.45, 7) is 6.04. The lowest BCUT2D eigenvalue weighted by atomic mass is 9.92. The van der Waals surface area contributed by atoms with Gasteiger partial charge in [-0.2, -0.15) is 0 Å². The fourth-order valence-corrected chi connectivity index (χ4v) is 2.51. The minimum atomic E-state index is -0.862. The third-order valence-corrected chi connectivity index (χ3v) is 3.98. The van der Waals surface area contributed by atoms with Gasteiger partial charge in [0.15, 0.2) is 11.6 Å². The van der Waals surface area contributed by atoms with Crippen molar-refractivity contribution < 1.29 is 18.7 Å². The Labute approximate surface area is 135 Å². The topological polar surface area (TPSA) is 58.6 Å². The summed E-state index contributed by atoms with van der Waals surface area (Å²) in [4.78, 5) is 25.6. The summed E-state index contributed by atoms with van der Waals surface area (Å²) < 4.78 is 18.8. The molecule has 1 saturated heterocycles. The number of imide groups is 1. The molecule has 0 unspecified atom stereocenters. The zero-order chi connectivity index (χ0) is 17.0. The zero-order valence-corrected chi connectivity index (χ0v) is 13.8. The van der Waals surface area contributed by atoms with Gasteiger partial charge >= 0.3 is 6.03 Å². The van der Waals surface area contributed by atoms with Crippen molar-refractivity contribution in [1.29, 1.82) is 0 Å². The maximum Gasteiger partial charge on any atom is 0.325 e. The highest BCUT2D eigenvalue weighted by Gasteiger charge is 2.47. The molecule has 126 valence electrons. The summed E-state index contributed by atoms with van der Waals surface area (Å²) in [5.41, 5.74) is -0.862. The number of hydrogen-bond donors (Lipinski definition) is 1. The van der Waals surface area contributed by atoms with Gasteiger partial charge in [-0.25, -0.2) is 9.18 Å². The van der Waals surface area contributed by atoms with E-state index in [9.17, 15) is 14.0 Å². The minimum Gasteiger partial charge on any atom is -0.489 e. The Morgan fingerprint density at radius 2 is 2.00 bits per heavy atom. The first-order valence-corrected chi connectivity index (χ1v) is 7.85. The Hall–Kier alpha value is -2.11. The van der Waals surface area contributed by atoms with E-state index in [0.29, 0.717) is 12.3 Å². The summed E-state index contributed by atoms with van der Waals surface area (Å²) in [5, 5.41) is 2.75. The lowest BCUT2D eigenvalue weighted by molar-refractivity contribution is -0.131. The number of hydrogen-bond acceptors (Lipinski definition) is 3. The molecule has 0 aromatic heterocycles. The first kappa shape index (κ1) is 17.2. The Morgan fingerprint density at radius 3 is 2.65 bits per heavy atom. The fourth-order valence-electron chi connectivity index (χ4n) is 2.51. The van der Waals surface area contributed by atoms with Crippen LogP contribution in [0.15, 0.2) is 24.3 Å². The van der Waals surface area contributed by atoms with Gasteiger partial charge in [-0.1, -0.05) is 26.0 Å². The van der Waals surface area contributed by atoms with Gasteiger partial charge in [0.05, 0.1) is 6.54 Å². The second-order valence-electron chi connectivity index (χ2n) is 6.43. The summed E-state index contributed by atoms with van der Waals surface area (Å²) in [7, 11) is 0. The molecule has 6 heteroatoms. The molecule has 1 aromatic rings. The Balaban J connectivity index is 1.92. The largest absolute Gasteiger partial charge is 0.489 e. The van der Waals surface area contributed by atoms with E-state index in [1.807, 2.05) is 0 Å². The lowest BCUT2D eigenvalue weighted by Crippen LogP contribution is -2.44. The molecular formula is C17H23FN2O3. The van der Waals surface area contributed by atoms with Crippen LogP contribution in [0, 0.1) is 11.7 Å². The van der Waals surface area contributed by atoms with Gasteiger partial charge < -0.3 is 10.1 Å². The predicted molar refractivity (Wildman–Crippen MR) is 84.6 cm³/mol. The molecule has 0 aliphatic carbocycles. The number of amides is 3. The first-order chi connectivity index (χ1) is 10.8. The summed E-state index contributed by atoms with van der Waals surface area (Å²) in [6.07, 6.45) is 1.45. The molecule has 0 bridgehead atoms. The van der Waals surface area contributed by atoms with Crippen molar-refractivity contribution in [2.45, 2.75) is 39.2 Å². The predicted octanol–water partition coefficient (Wildman–Crippen LogP) is 2.95. The van der Waals surface area contributed by atoms with Crippen molar-refractivity contribution in [3.63, 3.8) is 0 Å². The Kier molecular flexibility index (Phi) is 5.23. The number of nitrogens with zero attached hydrogens (tertiary/aromatic N) is 1. The number of para-hydroxylation sites is 1. The third-order valence-electron chi connectivity index (χ3n) is 3.98. The fraction of sp³-hybridized carbons (Fsp3) is 0.529. The van der Waals surface area contributed by atoms with E-state index in [1.54, 1.807) is 19.1 Å². The van der Waals surface area contributed by atoms with E-state index >= 15 is 0 Å². The van der Waals surface area contributed by atoms with Crippen LogP contribution >= 0.6 is 0 Å². The number of benzene rings is 1. The van der Waals surface area contributed by atoms with Gasteiger partial charge in [-0.05, 0) is 37.8 Å². The van der Waals surface area contributed by atoms with Gasteiger partial charge in [0.25, 0.3) is 5.91 Å². The molecule has 1 fully saturated rings.